The highest BCUT2D eigenvalue weighted by Crippen LogP contribution is 2.35. The lowest BCUT2D eigenvalue weighted by molar-refractivity contribution is -0.154. The summed E-state index contributed by atoms with van der Waals surface area (Å²) >= 11 is 1.69. The molecule has 6 heteroatoms. The molecule has 0 radical (unpaired) electrons. The lowest BCUT2D eigenvalue weighted by Gasteiger charge is -2.19. The third kappa shape index (κ3) is 3.05. The van der Waals surface area contributed by atoms with E-state index in [0.717, 1.165) is 29.4 Å². The second kappa shape index (κ2) is 5.33. The van der Waals surface area contributed by atoms with Crippen molar-refractivity contribution in [2.75, 3.05) is 5.75 Å². The number of carbonyl (C=O) groups is 1. The first-order valence-electron chi connectivity index (χ1n) is 7.11. The Labute approximate surface area is 128 Å². The van der Waals surface area contributed by atoms with E-state index in [9.17, 15) is 4.79 Å². The smallest absolute Gasteiger partial charge is 0.306 e. The molecule has 4 rings (SSSR count). The molecular weight excluding hydrogens is 286 g/mol. The third-order valence-corrected chi connectivity index (χ3v) is 4.30. The summed E-state index contributed by atoms with van der Waals surface area (Å²) in [4.78, 5) is 20.3. The first-order chi connectivity index (χ1) is 9.94. The monoisotopic (exact) mass is 305 g/mol. The van der Waals surface area contributed by atoms with Gasteiger partial charge in [-0.2, -0.15) is 0 Å². The summed E-state index contributed by atoms with van der Waals surface area (Å²) in [5.41, 5.74) is 1.94. The highest BCUT2D eigenvalue weighted by atomic mass is 32.2. The summed E-state index contributed by atoms with van der Waals surface area (Å²) in [7, 11) is 0. The van der Waals surface area contributed by atoms with E-state index < -0.39 is 5.60 Å². The second-order valence-electron chi connectivity index (χ2n) is 6.20. The largest absolute Gasteiger partial charge is 0.460 e. The molecular formula is C15H19N3O2S. The number of esters is 1. The molecule has 2 aliphatic rings. The zero-order chi connectivity index (χ0) is 15.0. The first-order valence-corrected chi connectivity index (χ1v) is 8.10. The molecule has 0 aromatic carbocycles. The lowest BCUT2D eigenvalue weighted by Crippen LogP contribution is -2.23. The van der Waals surface area contributed by atoms with Gasteiger partial charge in [0.05, 0.1) is 11.9 Å². The maximum absolute atomic E-state index is 11.6. The normalized spacial score (nSPS) is 13.3. The molecule has 5 nitrogen and oxygen atoms in total. The summed E-state index contributed by atoms with van der Waals surface area (Å²) in [6.07, 6.45) is 4.97. The van der Waals surface area contributed by atoms with E-state index in [1.54, 1.807) is 18.1 Å². The maximum atomic E-state index is 11.6. The van der Waals surface area contributed by atoms with Gasteiger partial charge in [0.15, 0.2) is 0 Å². The Morgan fingerprint density at radius 3 is 2.90 bits per heavy atom. The van der Waals surface area contributed by atoms with Crippen LogP contribution in [-0.2, 0) is 16.1 Å². The van der Waals surface area contributed by atoms with Crippen LogP contribution in [0.1, 0.15) is 39.2 Å². The molecule has 112 valence electrons. The number of hydrogen-bond donors (Lipinski definition) is 0. The SMILES string of the molecule is CC(C)(C)OC(=O)CCCSc1ncnc2c1c1cn2C1. The molecule has 0 N–H and O–H groups in total. The second-order valence-corrected chi connectivity index (χ2v) is 7.28. The van der Waals surface area contributed by atoms with E-state index in [-0.39, 0.29) is 5.97 Å². The molecule has 0 aliphatic carbocycles. The van der Waals surface area contributed by atoms with Crippen LogP contribution in [-0.4, -0.2) is 31.9 Å². The van der Waals surface area contributed by atoms with Gasteiger partial charge in [0.1, 0.15) is 22.6 Å². The topological polar surface area (TPSA) is 57.0 Å². The Morgan fingerprint density at radius 1 is 1.43 bits per heavy atom. The van der Waals surface area contributed by atoms with Crippen molar-refractivity contribution in [3.05, 3.63) is 18.1 Å². The molecule has 21 heavy (non-hydrogen) atoms. The number of nitrogens with zero attached hydrogens (tertiary/aromatic N) is 3. The van der Waals surface area contributed by atoms with Gasteiger partial charge in [0.25, 0.3) is 0 Å². The van der Waals surface area contributed by atoms with Crippen molar-refractivity contribution in [2.45, 2.75) is 50.8 Å². The predicted molar refractivity (Wildman–Crippen MR) is 82.4 cm³/mol. The van der Waals surface area contributed by atoms with Crippen LogP contribution in [0.25, 0.3) is 11.0 Å². The molecule has 4 heterocycles. The fraction of sp³-hybridized carbons (Fsp3) is 0.533. The van der Waals surface area contributed by atoms with Crippen molar-refractivity contribution >= 4 is 28.8 Å². The number of aromatic nitrogens is 3. The van der Waals surface area contributed by atoms with Gasteiger partial charge < -0.3 is 9.30 Å². The lowest BCUT2D eigenvalue weighted by atomic mass is 10.2. The van der Waals surface area contributed by atoms with Gasteiger partial charge in [-0.1, -0.05) is 0 Å². The highest BCUT2D eigenvalue weighted by Gasteiger charge is 2.22. The van der Waals surface area contributed by atoms with Gasteiger partial charge >= 0.3 is 5.97 Å². The predicted octanol–water partition coefficient (Wildman–Crippen LogP) is 3.01. The zero-order valence-corrected chi connectivity index (χ0v) is 13.4. The van der Waals surface area contributed by atoms with E-state index >= 15 is 0 Å². The minimum absolute atomic E-state index is 0.132. The summed E-state index contributed by atoms with van der Waals surface area (Å²) < 4.78 is 7.43. The molecule has 0 saturated carbocycles. The van der Waals surface area contributed by atoms with Crippen LogP contribution in [0.5, 0.6) is 0 Å². The van der Waals surface area contributed by atoms with Gasteiger partial charge in [-0.15, -0.1) is 11.8 Å². The minimum Gasteiger partial charge on any atom is -0.460 e. The molecule has 0 amide bonds. The van der Waals surface area contributed by atoms with Crippen molar-refractivity contribution in [3.63, 3.8) is 0 Å². The Balaban J connectivity index is 1.52. The fourth-order valence-corrected chi connectivity index (χ4v) is 3.34. The van der Waals surface area contributed by atoms with Crippen LogP contribution in [0.15, 0.2) is 17.6 Å². The van der Waals surface area contributed by atoms with Crippen molar-refractivity contribution < 1.29 is 9.53 Å². The molecule has 2 bridgehead atoms. The van der Waals surface area contributed by atoms with E-state index in [1.807, 2.05) is 20.8 Å². The van der Waals surface area contributed by atoms with Crippen LogP contribution < -0.4 is 0 Å². The Bertz CT molecular complexity index is 688. The standard InChI is InChI=1S/C15H19N3O2S/c1-15(2,3)20-11(19)5-4-6-21-14-12-10-7-18(8-10)13(12)16-9-17-14/h7,9H,4-6,8H2,1-3H3. The molecule has 0 spiro atoms. The van der Waals surface area contributed by atoms with Crippen LogP contribution >= 0.6 is 11.8 Å². The van der Waals surface area contributed by atoms with E-state index in [0.29, 0.717) is 6.42 Å². The molecule has 2 aromatic heterocycles. The average molecular weight is 305 g/mol. The van der Waals surface area contributed by atoms with Crippen molar-refractivity contribution in [1.29, 1.82) is 0 Å². The molecule has 0 unspecified atom stereocenters. The highest BCUT2D eigenvalue weighted by molar-refractivity contribution is 7.99. The first kappa shape index (κ1) is 14.4. The number of thioether (sulfide) groups is 1. The molecule has 0 saturated heterocycles. The van der Waals surface area contributed by atoms with Crippen molar-refractivity contribution in [2.24, 2.45) is 0 Å². The van der Waals surface area contributed by atoms with Crippen LogP contribution in [0, 0.1) is 0 Å². The van der Waals surface area contributed by atoms with E-state index in [2.05, 4.69) is 20.7 Å². The number of hydrogen-bond acceptors (Lipinski definition) is 5. The fourth-order valence-electron chi connectivity index (χ4n) is 2.37. The van der Waals surface area contributed by atoms with Crippen LogP contribution in [0.2, 0.25) is 0 Å². The summed E-state index contributed by atoms with van der Waals surface area (Å²) in [6, 6.07) is 0. The number of carbonyl (C=O) groups excluding carboxylic acids is 1. The van der Waals surface area contributed by atoms with E-state index in [1.165, 1.54) is 10.9 Å². The van der Waals surface area contributed by atoms with Crippen molar-refractivity contribution in [3.8, 4) is 0 Å². The van der Waals surface area contributed by atoms with E-state index in [4.69, 9.17) is 4.74 Å². The Morgan fingerprint density at radius 2 is 2.19 bits per heavy atom. The van der Waals surface area contributed by atoms with Gasteiger partial charge in [-0.3, -0.25) is 4.79 Å². The van der Waals surface area contributed by atoms with Crippen molar-refractivity contribution in [1.82, 2.24) is 14.5 Å². The van der Waals surface area contributed by atoms with Crippen LogP contribution in [0.3, 0.4) is 0 Å². The third-order valence-electron chi connectivity index (χ3n) is 3.22. The molecule has 2 aromatic rings. The van der Waals surface area contributed by atoms with Gasteiger partial charge in [0, 0.05) is 23.9 Å². The average Bonchev–Trinajstić information content (AvgIpc) is 2.86. The maximum Gasteiger partial charge on any atom is 0.306 e. The number of ether oxygens (including phenoxy) is 1. The minimum atomic E-state index is -0.403. The van der Waals surface area contributed by atoms with Gasteiger partial charge in [-0.05, 0) is 27.2 Å². The Kier molecular flexibility index (Phi) is 3.65. The summed E-state index contributed by atoms with van der Waals surface area (Å²) in [5, 5.41) is 2.20. The molecule has 0 atom stereocenters. The number of rotatable bonds is 5. The van der Waals surface area contributed by atoms with Gasteiger partial charge in [-0.25, -0.2) is 9.97 Å². The quantitative estimate of drug-likeness (QED) is 0.314. The zero-order valence-electron chi connectivity index (χ0n) is 12.5. The summed E-state index contributed by atoms with van der Waals surface area (Å²) in [6.45, 7) is 6.62. The van der Waals surface area contributed by atoms with Gasteiger partial charge in [0.2, 0.25) is 0 Å². The molecule has 2 aliphatic heterocycles. The summed E-state index contributed by atoms with van der Waals surface area (Å²) in [5.74, 6) is 0.725. The molecule has 0 fully saturated rings. The Hall–Kier alpha value is -1.56. The van der Waals surface area contributed by atoms with Crippen LogP contribution in [0.4, 0.5) is 0 Å².